The zero-order valence-electron chi connectivity index (χ0n) is 11.4. The molecule has 0 saturated carbocycles. The van der Waals surface area contributed by atoms with Crippen molar-refractivity contribution in [2.75, 3.05) is 16.8 Å². The van der Waals surface area contributed by atoms with Crippen LogP contribution in [-0.4, -0.2) is 25.8 Å². The van der Waals surface area contributed by atoms with E-state index < -0.39 is 9.84 Å². The van der Waals surface area contributed by atoms with E-state index in [0.717, 1.165) is 5.56 Å². The molecule has 1 N–H and O–H groups in total. The highest BCUT2D eigenvalue weighted by molar-refractivity contribution is 7.91. The van der Waals surface area contributed by atoms with E-state index in [9.17, 15) is 13.2 Å². The number of hydrogen-bond acceptors (Lipinski definition) is 3. The topological polar surface area (TPSA) is 63.2 Å². The van der Waals surface area contributed by atoms with Crippen LogP contribution in [0.3, 0.4) is 0 Å². The van der Waals surface area contributed by atoms with Crippen LogP contribution in [0.2, 0.25) is 5.02 Å². The van der Waals surface area contributed by atoms with E-state index in [4.69, 9.17) is 11.6 Å². The first kappa shape index (κ1) is 15.3. The maximum absolute atomic E-state index is 11.9. The molecule has 0 spiro atoms. The fourth-order valence-corrected chi connectivity index (χ4v) is 4.06. The Kier molecular flexibility index (Phi) is 4.70. The quantitative estimate of drug-likeness (QED) is 0.933. The number of aryl methyl sites for hydroxylation is 1. The summed E-state index contributed by atoms with van der Waals surface area (Å²) in [6.07, 6.45) is 1.51. The number of sulfone groups is 1. The summed E-state index contributed by atoms with van der Waals surface area (Å²) in [6, 6.07) is 5.38. The number of benzene rings is 1. The molecule has 20 heavy (non-hydrogen) atoms. The molecule has 1 fully saturated rings. The first-order valence-corrected chi connectivity index (χ1v) is 8.82. The molecule has 1 amide bonds. The Morgan fingerprint density at radius 2 is 2.00 bits per heavy atom. The zero-order valence-corrected chi connectivity index (χ0v) is 12.9. The molecular formula is C14H18ClNO3S. The van der Waals surface area contributed by atoms with Crippen molar-refractivity contribution >= 4 is 33.0 Å². The summed E-state index contributed by atoms with van der Waals surface area (Å²) in [4.78, 5) is 11.9. The molecular weight excluding hydrogens is 298 g/mol. The summed E-state index contributed by atoms with van der Waals surface area (Å²) >= 11 is 6.00. The Labute approximate surface area is 124 Å². The number of carbonyl (C=O) groups excluding carboxylic acids is 1. The monoisotopic (exact) mass is 315 g/mol. The van der Waals surface area contributed by atoms with Gasteiger partial charge in [0.25, 0.3) is 0 Å². The average molecular weight is 316 g/mol. The molecule has 0 aromatic heterocycles. The lowest BCUT2D eigenvalue weighted by atomic mass is 9.98. The predicted octanol–water partition coefficient (Wildman–Crippen LogP) is 2.80. The second-order valence-electron chi connectivity index (χ2n) is 5.31. The number of hydrogen-bond donors (Lipinski definition) is 1. The Balaban J connectivity index is 1.88. The van der Waals surface area contributed by atoms with Crippen molar-refractivity contribution in [1.29, 1.82) is 0 Å². The highest BCUT2D eigenvalue weighted by Crippen LogP contribution is 2.24. The minimum atomic E-state index is -2.87. The molecule has 0 radical (unpaired) electrons. The Bertz CT molecular complexity index is 599. The Morgan fingerprint density at radius 1 is 1.35 bits per heavy atom. The summed E-state index contributed by atoms with van der Waals surface area (Å²) in [5.41, 5.74) is 1.64. The number of halogens is 1. The normalized spacial score (nSPS) is 18.7. The summed E-state index contributed by atoms with van der Waals surface area (Å²) < 4.78 is 22.7. The summed E-state index contributed by atoms with van der Waals surface area (Å²) in [6.45, 7) is 1.90. The largest absolute Gasteiger partial charge is 0.326 e. The molecule has 0 unspecified atom stereocenters. The number of rotatable bonds is 3. The van der Waals surface area contributed by atoms with Crippen LogP contribution in [0.1, 0.15) is 24.8 Å². The van der Waals surface area contributed by atoms with Gasteiger partial charge < -0.3 is 5.32 Å². The van der Waals surface area contributed by atoms with Gasteiger partial charge in [-0.15, -0.1) is 0 Å². The molecule has 1 saturated heterocycles. The molecule has 1 heterocycles. The van der Waals surface area contributed by atoms with Gasteiger partial charge in [-0.05, 0) is 43.4 Å². The van der Waals surface area contributed by atoms with Crippen molar-refractivity contribution in [3.05, 3.63) is 28.8 Å². The van der Waals surface area contributed by atoms with Gasteiger partial charge >= 0.3 is 0 Å². The van der Waals surface area contributed by atoms with Gasteiger partial charge in [-0.25, -0.2) is 8.42 Å². The molecule has 6 heteroatoms. The van der Waals surface area contributed by atoms with E-state index in [1.54, 1.807) is 6.07 Å². The predicted molar refractivity (Wildman–Crippen MR) is 80.8 cm³/mol. The molecule has 1 aliphatic heterocycles. The molecule has 2 rings (SSSR count). The number of carbonyl (C=O) groups is 1. The fourth-order valence-electron chi connectivity index (χ4n) is 2.29. The van der Waals surface area contributed by atoms with E-state index in [2.05, 4.69) is 5.32 Å². The van der Waals surface area contributed by atoms with Gasteiger partial charge in [-0.1, -0.05) is 17.7 Å². The first-order valence-electron chi connectivity index (χ1n) is 6.62. The van der Waals surface area contributed by atoms with Gasteiger partial charge in [0.2, 0.25) is 5.91 Å². The molecule has 1 aliphatic rings. The highest BCUT2D eigenvalue weighted by atomic mass is 35.5. The van der Waals surface area contributed by atoms with Crippen LogP contribution >= 0.6 is 11.6 Å². The van der Waals surface area contributed by atoms with E-state index in [0.29, 0.717) is 30.0 Å². The van der Waals surface area contributed by atoms with Gasteiger partial charge in [0, 0.05) is 17.1 Å². The summed E-state index contributed by atoms with van der Waals surface area (Å²) in [7, 11) is -2.87. The maximum Gasteiger partial charge on any atom is 0.224 e. The van der Waals surface area contributed by atoms with Crippen LogP contribution in [-0.2, 0) is 14.6 Å². The molecule has 0 bridgehead atoms. The van der Waals surface area contributed by atoms with E-state index in [-0.39, 0.29) is 23.3 Å². The molecule has 110 valence electrons. The molecule has 0 aliphatic carbocycles. The third-order valence-electron chi connectivity index (χ3n) is 3.60. The van der Waals surface area contributed by atoms with Gasteiger partial charge in [-0.2, -0.15) is 0 Å². The summed E-state index contributed by atoms with van der Waals surface area (Å²) in [5.74, 6) is 0.455. The van der Waals surface area contributed by atoms with Gasteiger partial charge in [0.05, 0.1) is 11.5 Å². The lowest BCUT2D eigenvalue weighted by molar-refractivity contribution is -0.117. The van der Waals surface area contributed by atoms with E-state index in [1.165, 1.54) is 0 Å². The van der Waals surface area contributed by atoms with Crippen molar-refractivity contribution in [3.63, 3.8) is 0 Å². The second kappa shape index (κ2) is 6.14. The molecule has 1 aromatic carbocycles. The van der Waals surface area contributed by atoms with Crippen molar-refractivity contribution in [3.8, 4) is 0 Å². The smallest absolute Gasteiger partial charge is 0.224 e. The van der Waals surface area contributed by atoms with E-state index >= 15 is 0 Å². The summed E-state index contributed by atoms with van der Waals surface area (Å²) in [5, 5.41) is 3.42. The standard InChI is InChI=1S/C14H18ClNO3S/c1-10-2-3-12(9-13(10)15)16-14(17)8-11-4-6-20(18,19)7-5-11/h2-3,9,11H,4-8H2,1H3,(H,16,17). The average Bonchev–Trinajstić information content (AvgIpc) is 2.36. The van der Waals surface area contributed by atoms with E-state index in [1.807, 2.05) is 19.1 Å². The lowest BCUT2D eigenvalue weighted by Crippen LogP contribution is -2.26. The Hall–Kier alpha value is -1.07. The minimum Gasteiger partial charge on any atom is -0.326 e. The van der Waals surface area contributed by atoms with Crippen molar-refractivity contribution in [2.45, 2.75) is 26.2 Å². The Morgan fingerprint density at radius 3 is 2.60 bits per heavy atom. The first-order chi connectivity index (χ1) is 9.35. The van der Waals surface area contributed by atoms with Gasteiger partial charge in [0.15, 0.2) is 0 Å². The number of amides is 1. The van der Waals surface area contributed by atoms with Crippen LogP contribution in [0.5, 0.6) is 0 Å². The van der Waals surface area contributed by atoms with Gasteiger partial charge in [-0.3, -0.25) is 4.79 Å². The highest BCUT2D eigenvalue weighted by Gasteiger charge is 2.25. The third kappa shape index (κ3) is 4.21. The van der Waals surface area contributed by atoms with Crippen LogP contribution < -0.4 is 5.32 Å². The molecule has 4 nitrogen and oxygen atoms in total. The fraction of sp³-hybridized carbons (Fsp3) is 0.500. The van der Waals surface area contributed by atoms with Crippen LogP contribution in [0, 0.1) is 12.8 Å². The van der Waals surface area contributed by atoms with Crippen LogP contribution in [0.4, 0.5) is 5.69 Å². The van der Waals surface area contributed by atoms with Gasteiger partial charge in [0.1, 0.15) is 9.84 Å². The minimum absolute atomic E-state index is 0.0887. The SMILES string of the molecule is Cc1ccc(NC(=O)CC2CCS(=O)(=O)CC2)cc1Cl. The van der Waals surface area contributed by atoms with Crippen molar-refractivity contribution in [2.24, 2.45) is 5.92 Å². The van der Waals surface area contributed by atoms with Crippen LogP contribution in [0.15, 0.2) is 18.2 Å². The third-order valence-corrected chi connectivity index (χ3v) is 5.73. The second-order valence-corrected chi connectivity index (χ2v) is 8.02. The van der Waals surface area contributed by atoms with Crippen LogP contribution in [0.25, 0.3) is 0 Å². The van der Waals surface area contributed by atoms with Crippen molar-refractivity contribution in [1.82, 2.24) is 0 Å². The number of nitrogens with one attached hydrogen (secondary N) is 1. The zero-order chi connectivity index (χ0) is 14.8. The molecule has 1 aromatic rings. The lowest BCUT2D eigenvalue weighted by Gasteiger charge is -2.21. The van der Waals surface area contributed by atoms with Crippen molar-refractivity contribution < 1.29 is 13.2 Å². The molecule has 0 atom stereocenters. The maximum atomic E-state index is 11.9. The number of anilines is 1.